The lowest BCUT2D eigenvalue weighted by molar-refractivity contribution is -0.136. The highest BCUT2D eigenvalue weighted by atomic mass is 32.1. The van der Waals surface area contributed by atoms with Crippen LogP contribution in [0, 0.1) is 6.92 Å². The van der Waals surface area contributed by atoms with E-state index in [1.807, 2.05) is 25.5 Å². The summed E-state index contributed by atoms with van der Waals surface area (Å²) in [7, 11) is 1.89. The molecule has 19 heavy (non-hydrogen) atoms. The molecule has 2 N–H and O–H groups in total. The van der Waals surface area contributed by atoms with Gasteiger partial charge in [-0.15, -0.1) is 11.3 Å². The average Bonchev–Trinajstić information content (AvgIpc) is 2.91. The molecular formula is C12H16N4O2S. The van der Waals surface area contributed by atoms with Gasteiger partial charge in [0, 0.05) is 37.2 Å². The molecule has 0 aliphatic heterocycles. The molecule has 6 nitrogen and oxygen atoms in total. The van der Waals surface area contributed by atoms with Crippen molar-refractivity contribution in [1.82, 2.24) is 14.8 Å². The summed E-state index contributed by atoms with van der Waals surface area (Å²) in [4.78, 5) is 14.8. The number of aryl methyl sites for hydroxylation is 3. The molecule has 0 fully saturated rings. The van der Waals surface area contributed by atoms with E-state index in [0.29, 0.717) is 13.0 Å². The number of hydrogen-bond acceptors (Lipinski definition) is 5. The van der Waals surface area contributed by atoms with E-state index in [4.69, 9.17) is 5.11 Å². The summed E-state index contributed by atoms with van der Waals surface area (Å²) < 4.78 is 1.78. The molecule has 102 valence electrons. The molecule has 0 atom stereocenters. The predicted octanol–water partition coefficient (Wildman–Crippen LogP) is 1.81. The van der Waals surface area contributed by atoms with Crippen molar-refractivity contribution in [3.63, 3.8) is 0 Å². The summed E-state index contributed by atoms with van der Waals surface area (Å²) in [6.07, 6.45) is 2.56. The molecule has 2 aromatic heterocycles. The van der Waals surface area contributed by atoms with Crippen LogP contribution < -0.4 is 5.32 Å². The Balaban J connectivity index is 1.89. The molecule has 0 radical (unpaired) electrons. The maximum absolute atomic E-state index is 10.5. The highest BCUT2D eigenvalue weighted by molar-refractivity contribution is 7.13. The SMILES string of the molecule is Cc1nn(C)cc1CNc1nc(CCC(=O)O)cs1. The molecule has 0 unspecified atom stereocenters. The van der Waals surface area contributed by atoms with Crippen LogP contribution in [-0.2, 0) is 24.8 Å². The molecule has 2 aromatic rings. The second-order valence-electron chi connectivity index (χ2n) is 4.30. The normalized spacial score (nSPS) is 10.6. The highest BCUT2D eigenvalue weighted by Gasteiger charge is 2.06. The van der Waals surface area contributed by atoms with Crippen molar-refractivity contribution in [3.05, 3.63) is 28.5 Å². The van der Waals surface area contributed by atoms with Gasteiger partial charge in [-0.3, -0.25) is 9.48 Å². The van der Waals surface area contributed by atoms with Gasteiger partial charge in [0.2, 0.25) is 0 Å². The number of thiazole rings is 1. The Hall–Kier alpha value is -1.89. The third-order valence-corrected chi connectivity index (χ3v) is 3.54. The number of carbonyl (C=O) groups is 1. The molecule has 0 saturated carbocycles. The first kappa shape index (κ1) is 13.5. The zero-order valence-corrected chi connectivity index (χ0v) is 11.7. The molecule has 0 amide bonds. The first-order valence-corrected chi connectivity index (χ1v) is 6.82. The Bertz CT molecular complexity index is 576. The average molecular weight is 280 g/mol. The molecule has 0 bridgehead atoms. The van der Waals surface area contributed by atoms with E-state index in [1.165, 1.54) is 11.3 Å². The molecule has 0 saturated heterocycles. The summed E-state index contributed by atoms with van der Waals surface area (Å²) in [6.45, 7) is 2.64. The third-order valence-electron chi connectivity index (χ3n) is 2.69. The minimum Gasteiger partial charge on any atom is -0.481 e. The zero-order valence-electron chi connectivity index (χ0n) is 10.9. The number of hydrogen-bond donors (Lipinski definition) is 2. The monoisotopic (exact) mass is 280 g/mol. The van der Waals surface area contributed by atoms with Gasteiger partial charge in [0.25, 0.3) is 0 Å². The van der Waals surface area contributed by atoms with E-state index in [-0.39, 0.29) is 6.42 Å². The van der Waals surface area contributed by atoms with Gasteiger partial charge < -0.3 is 10.4 Å². The van der Waals surface area contributed by atoms with Gasteiger partial charge in [-0.2, -0.15) is 5.10 Å². The summed E-state index contributed by atoms with van der Waals surface area (Å²) in [5.74, 6) is -0.798. The molecule has 7 heteroatoms. The summed E-state index contributed by atoms with van der Waals surface area (Å²) in [5.41, 5.74) is 2.94. The standard InChI is InChI=1S/C12H16N4O2S/c1-8-9(6-16(2)15-8)5-13-12-14-10(7-19-12)3-4-11(17)18/h6-7H,3-5H2,1-2H3,(H,13,14)(H,17,18). The largest absolute Gasteiger partial charge is 0.481 e. The van der Waals surface area contributed by atoms with E-state index < -0.39 is 5.97 Å². The van der Waals surface area contributed by atoms with Crippen LogP contribution in [0.1, 0.15) is 23.4 Å². The predicted molar refractivity (Wildman–Crippen MR) is 73.3 cm³/mol. The molecule has 2 heterocycles. The van der Waals surface area contributed by atoms with E-state index in [9.17, 15) is 4.79 Å². The number of nitrogens with one attached hydrogen (secondary N) is 1. The maximum Gasteiger partial charge on any atom is 0.303 e. The van der Waals surface area contributed by atoms with Crippen LogP contribution in [-0.4, -0.2) is 25.8 Å². The van der Waals surface area contributed by atoms with Gasteiger partial charge in [-0.05, 0) is 6.92 Å². The van der Waals surface area contributed by atoms with Crippen LogP contribution in [0.15, 0.2) is 11.6 Å². The molecule has 0 aliphatic rings. The van der Waals surface area contributed by atoms with Crippen LogP contribution in [0.4, 0.5) is 5.13 Å². The number of nitrogens with zero attached hydrogens (tertiary/aromatic N) is 3. The smallest absolute Gasteiger partial charge is 0.303 e. The fraction of sp³-hybridized carbons (Fsp3) is 0.417. The number of aromatic nitrogens is 3. The Kier molecular flexibility index (Phi) is 4.16. The lowest BCUT2D eigenvalue weighted by Gasteiger charge is -2.00. The minimum absolute atomic E-state index is 0.116. The van der Waals surface area contributed by atoms with E-state index in [1.54, 1.807) is 4.68 Å². The molecule has 0 spiro atoms. The fourth-order valence-corrected chi connectivity index (χ4v) is 2.47. The van der Waals surface area contributed by atoms with Gasteiger partial charge >= 0.3 is 5.97 Å². The van der Waals surface area contributed by atoms with Crippen molar-refractivity contribution in [2.24, 2.45) is 7.05 Å². The number of rotatable bonds is 6. The summed E-state index contributed by atoms with van der Waals surface area (Å²) in [6, 6.07) is 0. The second-order valence-corrected chi connectivity index (χ2v) is 5.16. The van der Waals surface area contributed by atoms with E-state index >= 15 is 0 Å². The summed E-state index contributed by atoms with van der Waals surface area (Å²) in [5, 5.41) is 18.8. The van der Waals surface area contributed by atoms with Gasteiger partial charge in [0.1, 0.15) is 0 Å². The molecular weight excluding hydrogens is 264 g/mol. The lowest BCUT2D eigenvalue weighted by atomic mass is 10.2. The van der Waals surface area contributed by atoms with Crippen LogP contribution in [0.3, 0.4) is 0 Å². The quantitative estimate of drug-likeness (QED) is 0.843. The van der Waals surface area contributed by atoms with Gasteiger partial charge in [-0.25, -0.2) is 4.98 Å². The minimum atomic E-state index is -0.798. The lowest BCUT2D eigenvalue weighted by Crippen LogP contribution is -2.01. The first-order chi connectivity index (χ1) is 9.04. The second kappa shape index (κ2) is 5.83. The Labute approximate surface area is 115 Å². The van der Waals surface area contributed by atoms with Gasteiger partial charge in [0.05, 0.1) is 17.8 Å². The first-order valence-electron chi connectivity index (χ1n) is 5.94. The van der Waals surface area contributed by atoms with Crippen LogP contribution in [0.25, 0.3) is 0 Å². The van der Waals surface area contributed by atoms with Crippen molar-refractivity contribution in [2.75, 3.05) is 5.32 Å². The number of carboxylic acids is 1. The Morgan fingerprint density at radius 1 is 1.58 bits per heavy atom. The highest BCUT2D eigenvalue weighted by Crippen LogP contribution is 2.18. The zero-order chi connectivity index (χ0) is 13.8. The van der Waals surface area contributed by atoms with E-state index in [0.717, 1.165) is 22.1 Å². The molecule has 2 rings (SSSR count). The third kappa shape index (κ3) is 3.78. The Morgan fingerprint density at radius 3 is 3.00 bits per heavy atom. The molecule has 0 aliphatic carbocycles. The van der Waals surface area contributed by atoms with E-state index in [2.05, 4.69) is 15.4 Å². The van der Waals surface area contributed by atoms with Gasteiger partial charge in [0.15, 0.2) is 5.13 Å². The number of carboxylic acid groups (broad SMARTS) is 1. The maximum atomic E-state index is 10.5. The van der Waals surface area contributed by atoms with Gasteiger partial charge in [-0.1, -0.05) is 0 Å². The van der Waals surface area contributed by atoms with Crippen molar-refractivity contribution < 1.29 is 9.90 Å². The number of anilines is 1. The van der Waals surface area contributed by atoms with Crippen molar-refractivity contribution in [2.45, 2.75) is 26.3 Å². The van der Waals surface area contributed by atoms with Crippen molar-refractivity contribution in [3.8, 4) is 0 Å². The topological polar surface area (TPSA) is 80.0 Å². The molecule has 0 aromatic carbocycles. The summed E-state index contributed by atoms with van der Waals surface area (Å²) >= 11 is 1.49. The van der Waals surface area contributed by atoms with Crippen molar-refractivity contribution >= 4 is 22.4 Å². The van der Waals surface area contributed by atoms with Crippen molar-refractivity contribution in [1.29, 1.82) is 0 Å². The Morgan fingerprint density at radius 2 is 2.37 bits per heavy atom. The van der Waals surface area contributed by atoms with Crippen LogP contribution in [0.5, 0.6) is 0 Å². The fourth-order valence-electron chi connectivity index (χ4n) is 1.73. The van der Waals surface area contributed by atoms with Crippen LogP contribution >= 0.6 is 11.3 Å². The van der Waals surface area contributed by atoms with Crippen LogP contribution in [0.2, 0.25) is 0 Å². The number of aliphatic carboxylic acids is 1.